The lowest BCUT2D eigenvalue weighted by molar-refractivity contribution is 0.0945. The first kappa shape index (κ1) is 11.8. The zero-order valence-corrected chi connectivity index (χ0v) is 11.0. The second kappa shape index (κ2) is 4.77. The molecule has 0 fully saturated rings. The van der Waals surface area contributed by atoms with E-state index in [1.807, 2.05) is 18.2 Å². The maximum absolute atomic E-state index is 11.9. The van der Waals surface area contributed by atoms with E-state index in [2.05, 4.69) is 25.7 Å². The molecule has 96 valence electrons. The summed E-state index contributed by atoms with van der Waals surface area (Å²) < 4.78 is 1.10. The molecule has 0 aliphatic heterocycles. The van der Waals surface area contributed by atoms with Crippen LogP contribution >= 0.6 is 11.3 Å². The first-order valence-corrected chi connectivity index (χ1v) is 6.60. The molecule has 3 aromatic rings. The number of amides is 1. The van der Waals surface area contributed by atoms with Gasteiger partial charge in [0.1, 0.15) is 0 Å². The molecule has 0 aliphatic carbocycles. The van der Waals surface area contributed by atoms with Crippen LogP contribution in [0.25, 0.3) is 10.2 Å². The van der Waals surface area contributed by atoms with Gasteiger partial charge in [0.05, 0.1) is 21.4 Å². The molecule has 7 heteroatoms. The minimum atomic E-state index is -0.229. The minimum absolute atomic E-state index is 0.229. The topological polar surface area (TPSA) is 83.6 Å². The molecule has 0 radical (unpaired) electrons. The van der Waals surface area contributed by atoms with Gasteiger partial charge in [-0.25, -0.2) is 4.98 Å². The SMILES string of the molecule is Cc1n[nH]nc1C(=O)NCc1cccc2ncsc12. The van der Waals surface area contributed by atoms with Crippen LogP contribution in [0.4, 0.5) is 0 Å². The third-order valence-electron chi connectivity index (χ3n) is 2.81. The molecule has 0 spiro atoms. The van der Waals surface area contributed by atoms with E-state index in [9.17, 15) is 4.79 Å². The Morgan fingerprint density at radius 1 is 1.42 bits per heavy atom. The Labute approximate surface area is 112 Å². The maximum Gasteiger partial charge on any atom is 0.274 e. The van der Waals surface area contributed by atoms with Gasteiger partial charge in [0.2, 0.25) is 0 Å². The highest BCUT2D eigenvalue weighted by molar-refractivity contribution is 7.16. The fourth-order valence-corrected chi connectivity index (χ4v) is 2.65. The van der Waals surface area contributed by atoms with Crippen molar-refractivity contribution in [2.75, 3.05) is 0 Å². The van der Waals surface area contributed by atoms with Crippen LogP contribution in [0.15, 0.2) is 23.7 Å². The molecule has 0 unspecified atom stereocenters. The van der Waals surface area contributed by atoms with Crippen LogP contribution in [0.1, 0.15) is 21.7 Å². The van der Waals surface area contributed by atoms with E-state index in [4.69, 9.17) is 0 Å². The summed E-state index contributed by atoms with van der Waals surface area (Å²) in [5, 5.41) is 12.9. The molecule has 0 saturated carbocycles. The van der Waals surface area contributed by atoms with Crippen molar-refractivity contribution < 1.29 is 4.79 Å². The normalized spacial score (nSPS) is 10.8. The molecule has 3 rings (SSSR count). The van der Waals surface area contributed by atoms with Crippen molar-refractivity contribution in [3.8, 4) is 0 Å². The Balaban J connectivity index is 1.78. The number of fused-ring (bicyclic) bond motifs is 1. The van der Waals surface area contributed by atoms with Crippen molar-refractivity contribution in [2.45, 2.75) is 13.5 Å². The molecule has 1 aromatic carbocycles. The molecule has 6 nitrogen and oxygen atoms in total. The monoisotopic (exact) mass is 273 g/mol. The van der Waals surface area contributed by atoms with E-state index in [1.165, 1.54) is 0 Å². The highest BCUT2D eigenvalue weighted by atomic mass is 32.1. The summed E-state index contributed by atoms with van der Waals surface area (Å²) in [4.78, 5) is 16.2. The second-order valence-electron chi connectivity index (χ2n) is 4.06. The van der Waals surface area contributed by atoms with Crippen molar-refractivity contribution in [2.24, 2.45) is 0 Å². The standard InChI is InChI=1S/C12H11N5OS/c1-7-10(16-17-15-7)12(18)13-5-8-3-2-4-9-11(8)19-6-14-9/h2-4,6H,5H2,1H3,(H,13,18)(H,15,16,17). The molecule has 2 aromatic heterocycles. The summed E-state index contributed by atoms with van der Waals surface area (Å²) in [6.07, 6.45) is 0. The van der Waals surface area contributed by atoms with Crippen LogP contribution in [-0.4, -0.2) is 26.3 Å². The van der Waals surface area contributed by atoms with Crippen molar-refractivity contribution in [3.05, 3.63) is 40.7 Å². The molecule has 0 saturated heterocycles. The quantitative estimate of drug-likeness (QED) is 0.760. The Kier molecular flexibility index (Phi) is 2.96. The third-order valence-corrected chi connectivity index (χ3v) is 3.73. The van der Waals surface area contributed by atoms with E-state index in [0.29, 0.717) is 17.9 Å². The van der Waals surface area contributed by atoms with E-state index in [1.54, 1.807) is 23.8 Å². The third kappa shape index (κ3) is 2.19. The Morgan fingerprint density at radius 3 is 3.11 bits per heavy atom. The van der Waals surface area contributed by atoms with Crippen LogP contribution < -0.4 is 5.32 Å². The second-order valence-corrected chi connectivity index (χ2v) is 4.91. The summed E-state index contributed by atoms with van der Waals surface area (Å²) in [7, 11) is 0. The first-order chi connectivity index (χ1) is 9.25. The van der Waals surface area contributed by atoms with Crippen molar-refractivity contribution >= 4 is 27.5 Å². The molecule has 0 aliphatic rings. The number of benzene rings is 1. The van der Waals surface area contributed by atoms with Crippen LogP contribution in [0.5, 0.6) is 0 Å². The van der Waals surface area contributed by atoms with Crippen molar-refractivity contribution in [1.29, 1.82) is 0 Å². The average molecular weight is 273 g/mol. The minimum Gasteiger partial charge on any atom is -0.346 e. The van der Waals surface area contributed by atoms with Gasteiger partial charge in [-0.1, -0.05) is 12.1 Å². The van der Waals surface area contributed by atoms with Gasteiger partial charge < -0.3 is 5.32 Å². The number of hydrogen-bond donors (Lipinski definition) is 2. The fraction of sp³-hybridized carbons (Fsp3) is 0.167. The Morgan fingerprint density at radius 2 is 2.32 bits per heavy atom. The van der Waals surface area contributed by atoms with Gasteiger partial charge in [-0.2, -0.15) is 15.4 Å². The molecule has 0 atom stereocenters. The molecular formula is C12H11N5OS. The van der Waals surface area contributed by atoms with E-state index in [-0.39, 0.29) is 5.91 Å². The number of rotatable bonds is 3. The van der Waals surface area contributed by atoms with Crippen LogP contribution in [0.2, 0.25) is 0 Å². The van der Waals surface area contributed by atoms with Gasteiger partial charge in [-0.3, -0.25) is 4.79 Å². The van der Waals surface area contributed by atoms with Crippen LogP contribution in [-0.2, 0) is 6.54 Å². The van der Waals surface area contributed by atoms with Gasteiger partial charge >= 0.3 is 0 Å². The summed E-state index contributed by atoms with van der Waals surface area (Å²) in [6.45, 7) is 2.19. The highest BCUT2D eigenvalue weighted by Crippen LogP contribution is 2.21. The fourth-order valence-electron chi connectivity index (χ4n) is 1.84. The predicted molar refractivity (Wildman–Crippen MR) is 71.9 cm³/mol. The van der Waals surface area contributed by atoms with Gasteiger partial charge in [-0.15, -0.1) is 11.3 Å². The molecule has 2 heterocycles. The lowest BCUT2D eigenvalue weighted by Gasteiger charge is -2.04. The van der Waals surface area contributed by atoms with Crippen molar-refractivity contribution in [3.63, 3.8) is 0 Å². The number of aryl methyl sites for hydroxylation is 1. The number of carbonyl (C=O) groups is 1. The Hall–Kier alpha value is -2.28. The number of nitrogens with zero attached hydrogens (tertiary/aromatic N) is 3. The zero-order valence-electron chi connectivity index (χ0n) is 10.2. The molecule has 0 bridgehead atoms. The number of thiazole rings is 1. The number of nitrogens with one attached hydrogen (secondary N) is 2. The predicted octanol–water partition coefficient (Wildman–Crippen LogP) is 1.65. The summed E-state index contributed by atoms with van der Waals surface area (Å²) in [5.74, 6) is -0.229. The number of aromatic amines is 1. The number of hydrogen-bond acceptors (Lipinski definition) is 5. The highest BCUT2D eigenvalue weighted by Gasteiger charge is 2.13. The van der Waals surface area contributed by atoms with E-state index < -0.39 is 0 Å². The van der Waals surface area contributed by atoms with Crippen LogP contribution in [0, 0.1) is 6.92 Å². The van der Waals surface area contributed by atoms with Gasteiger partial charge in [0.25, 0.3) is 5.91 Å². The summed E-state index contributed by atoms with van der Waals surface area (Å²) >= 11 is 1.57. The lowest BCUT2D eigenvalue weighted by Crippen LogP contribution is -2.24. The van der Waals surface area contributed by atoms with Gasteiger partial charge in [0.15, 0.2) is 5.69 Å². The molecular weight excluding hydrogens is 262 g/mol. The number of H-pyrrole nitrogens is 1. The lowest BCUT2D eigenvalue weighted by atomic mass is 10.2. The van der Waals surface area contributed by atoms with Gasteiger partial charge in [-0.05, 0) is 18.6 Å². The average Bonchev–Trinajstić information content (AvgIpc) is 3.04. The molecule has 2 N–H and O–H groups in total. The first-order valence-electron chi connectivity index (χ1n) is 5.72. The summed E-state index contributed by atoms with van der Waals surface area (Å²) in [6, 6.07) is 5.88. The van der Waals surface area contributed by atoms with Crippen molar-refractivity contribution in [1.82, 2.24) is 25.7 Å². The molecule has 1 amide bonds. The Bertz CT molecular complexity index is 732. The largest absolute Gasteiger partial charge is 0.346 e. The van der Waals surface area contributed by atoms with E-state index in [0.717, 1.165) is 15.8 Å². The zero-order chi connectivity index (χ0) is 13.2. The number of carbonyl (C=O) groups excluding carboxylic acids is 1. The summed E-state index contributed by atoms with van der Waals surface area (Å²) in [5.41, 5.74) is 4.73. The molecule has 19 heavy (non-hydrogen) atoms. The maximum atomic E-state index is 11.9. The van der Waals surface area contributed by atoms with Crippen LogP contribution in [0.3, 0.4) is 0 Å². The van der Waals surface area contributed by atoms with Gasteiger partial charge in [0, 0.05) is 6.54 Å². The smallest absolute Gasteiger partial charge is 0.274 e. The number of aromatic nitrogens is 4. The van der Waals surface area contributed by atoms with E-state index >= 15 is 0 Å².